The molecule has 3 nitrogen and oxygen atoms in total. The summed E-state index contributed by atoms with van der Waals surface area (Å²) in [5.74, 6) is 0. The van der Waals surface area contributed by atoms with Crippen LogP contribution in [-0.2, 0) is 9.05 Å². The van der Waals surface area contributed by atoms with E-state index in [0.717, 1.165) is 0 Å². The van der Waals surface area contributed by atoms with E-state index in [1.165, 1.54) is 12.3 Å². The van der Waals surface area contributed by atoms with Gasteiger partial charge in [-0.2, -0.15) is 0 Å². The van der Waals surface area contributed by atoms with Gasteiger partial charge in [0.05, 0.1) is 4.90 Å². The quantitative estimate of drug-likeness (QED) is 0.629. The zero-order chi connectivity index (χ0) is 12.5. The maximum absolute atomic E-state index is 11.5. The van der Waals surface area contributed by atoms with Gasteiger partial charge in [-0.15, -0.1) is 0 Å². The van der Waals surface area contributed by atoms with E-state index in [0.29, 0.717) is 11.1 Å². The van der Waals surface area contributed by atoms with Crippen molar-refractivity contribution >= 4 is 31.3 Å². The summed E-state index contributed by atoms with van der Waals surface area (Å²) in [5.41, 5.74) is 0.981. The minimum absolute atomic E-state index is 0.0367. The molecule has 0 aliphatic rings. The van der Waals surface area contributed by atoms with Crippen molar-refractivity contribution in [2.75, 3.05) is 0 Å². The van der Waals surface area contributed by atoms with Gasteiger partial charge in [-0.3, -0.25) is 0 Å². The molecule has 0 N–H and O–H groups in total. The highest BCUT2D eigenvalue weighted by atomic mass is 35.7. The molecular formula is C11H7Cl2NO2S. The van der Waals surface area contributed by atoms with Crippen LogP contribution in [0.15, 0.2) is 47.5 Å². The Bertz CT molecular complexity index is 642. The molecule has 2 rings (SSSR count). The number of halogens is 2. The van der Waals surface area contributed by atoms with Crippen LogP contribution >= 0.6 is 22.3 Å². The Morgan fingerprint density at radius 3 is 2.29 bits per heavy atom. The second-order valence-electron chi connectivity index (χ2n) is 3.28. The average molecular weight is 288 g/mol. The molecule has 0 aliphatic carbocycles. The molecule has 0 saturated carbocycles. The highest BCUT2D eigenvalue weighted by molar-refractivity contribution is 8.13. The molecule has 0 atom stereocenters. The van der Waals surface area contributed by atoms with Gasteiger partial charge >= 0.3 is 0 Å². The Kier molecular flexibility index (Phi) is 3.38. The number of rotatable bonds is 2. The molecule has 88 valence electrons. The van der Waals surface area contributed by atoms with E-state index in [1.807, 2.05) is 6.07 Å². The van der Waals surface area contributed by atoms with Crippen molar-refractivity contribution in [3.63, 3.8) is 0 Å². The predicted molar refractivity (Wildman–Crippen MR) is 67.7 cm³/mol. The lowest BCUT2D eigenvalue weighted by Gasteiger charge is -2.08. The van der Waals surface area contributed by atoms with Crippen molar-refractivity contribution in [2.24, 2.45) is 0 Å². The van der Waals surface area contributed by atoms with E-state index in [1.54, 1.807) is 24.3 Å². The third-order valence-corrected chi connectivity index (χ3v) is 3.84. The summed E-state index contributed by atoms with van der Waals surface area (Å²) in [7, 11) is 1.52. The molecule has 0 spiro atoms. The van der Waals surface area contributed by atoms with E-state index in [2.05, 4.69) is 4.98 Å². The average Bonchev–Trinajstić information content (AvgIpc) is 2.28. The van der Waals surface area contributed by atoms with Crippen LogP contribution in [0.4, 0.5) is 0 Å². The summed E-state index contributed by atoms with van der Waals surface area (Å²) < 4.78 is 22.9. The van der Waals surface area contributed by atoms with Gasteiger partial charge in [-0.1, -0.05) is 41.9 Å². The zero-order valence-corrected chi connectivity index (χ0v) is 10.8. The monoisotopic (exact) mass is 287 g/mol. The fourth-order valence-electron chi connectivity index (χ4n) is 1.49. The number of benzene rings is 1. The first kappa shape index (κ1) is 12.4. The van der Waals surface area contributed by atoms with E-state index in [-0.39, 0.29) is 10.0 Å². The lowest BCUT2D eigenvalue weighted by Crippen LogP contribution is -1.96. The van der Waals surface area contributed by atoms with Gasteiger partial charge in [0.15, 0.2) is 0 Å². The molecule has 0 amide bonds. The third kappa shape index (κ3) is 2.60. The van der Waals surface area contributed by atoms with Gasteiger partial charge in [0.25, 0.3) is 9.05 Å². The predicted octanol–water partition coefficient (Wildman–Crippen LogP) is 3.33. The SMILES string of the molecule is O=S(=O)(Cl)c1ccnc(Cl)c1-c1ccccc1. The van der Waals surface area contributed by atoms with Crippen LogP contribution < -0.4 is 0 Å². The van der Waals surface area contributed by atoms with E-state index in [9.17, 15) is 8.42 Å². The van der Waals surface area contributed by atoms with Gasteiger partial charge in [0, 0.05) is 22.4 Å². The molecule has 1 aromatic carbocycles. The Labute approximate surface area is 108 Å². The molecule has 6 heteroatoms. The summed E-state index contributed by atoms with van der Waals surface area (Å²) in [6, 6.07) is 10.2. The van der Waals surface area contributed by atoms with Gasteiger partial charge in [-0.05, 0) is 11.6 Å². The fraction of sp³-hybridized carbons (Fsp3) is 0. The lowest BCUT2D eigenvalue weighted by molar-refractivity contribution is 0.609. The minimum atomic E-state index is -3.86. The largest absolute Gasteiger partial charge is 0.262 e. The fourth-order valence-corrected chi connectivity index (χ4v) is 2.88. The highest BCUT2D eigenvalue weighted by Crippen LogP contribution is 2.33. The minimum Gasteiger partial charge on any atom is -0.244 e. The van der Waals surface area contributed by atoms with E-state index in [4.69, 9.17) is 22.3 Å². The normalized spacial score (nSPS) is 11.4. The third-order valence-electron chi connectivity index (χ3n) is 2.19. The first-order chi connectivity index (χ1) is 8.00. The van der Waals surface area contributed by atoms with Crippen molar-refractivity contribution in [3.05, 3.63) is 47.7 Å². The first-order valence-corrected chi connectivity index (χ1v) is 7.33. The number of hydrogen-bond acceptors (Lipinski definition) is 3. The molecule has 0 bridgehead atoms. The summed E-state index contributed by atoms with van der Waals surface area (Å²) in [5, 5.41) is 0.109. The molecule has 0 fully saturated rings. The van der Waals surface area contributed by atoms with Gasteiger partial charge in [-0.25, -0.2) is 13.4 Å². The lowest BCUT2D eigenvalue weighted by atomic mass is 10.1. The van der Waals surface area contributed by atoms with Gasteiger partial charge in [0.1, 0.15) is 5.15 Å². The van der Waals surface area contributed by atoms with Gasteiger partial charge < -0.3 is 0 Å². The molecule has 0 unspecified atom stereocenters. The Balaban J connectivity index is 2.78. The smallest absolute Gasteiger partial charge is 0.244 e. The molecule has 2 aromatic rings. The van der Waals surface area contributed by atoms with Crippen LogP contribution in [0.3, 0.4) is 0 Å². The van der Waals surface area contributed by atoms with Crippen molar-refractivity contribution in [1.82, 2.24) is 4.98 Å². The van der Waals surface area contributed by atoms with Crippen molar-refractivity contribution in [1.29, 1.82) is 0 Å². The summed E-state index contributed by atoms with van der Waals surface area (Å²) in [6.45, 7) is 0. The Hall–Kier alpha value is -1.10. The summed E-state index contributed by atoms with van der Waals surface area (Å²) >= 11 is 5.94. The molecule has 1 aromatic heterocycles. The maximum Gasteiger partial charge on any atom is 0.262 e. The van der Waals surface area contributed by atoms with Crippen molar-refractivity contribution < 1.29 is 8.42 Å². The van der Waals surface area contributed by atoms with Crippen LogP contribution in [0, 0.1) is 0 Å². The van der Waals surface area contributed by atoms with Crippen LogP contribution in [0.5, 0.6) is 0 Å². The maximum atomic E-state index is 11.5. The van der Waals surface area contributed by atoms with Crippen LogP contribution in [0.1, 0.15) is 0 Å². The standard InChI is InChI=1S/C11H7Cl2NO2S/c12-11-10(8-4-2-1-3-5-8)9(6-7-14-11)17(13,15)16/h1-7H. The summed E-state index contributed by atoms with van der Waals surface area (Å²) in [6.07, 6.45) is 1.31. The second kappa shape index (κ2) is 4.64. The van der Waals surface area contributed by atoms with E-state index >= 15 is 0 Å². The number of hydrogen-bond donors (Lipinski definition) is 0. The molecule has 17 heavy (non-hydrogen) atoms. The van der Waals surface area contributed by atoms with Crippen LogP contribution in [0.2, 0.25) is 5.15 Å². The Morgan fingerprint density at radius 2 is 1.71 bits per heavy atom. The van der Waals surface area contributed by atoms with Crippen molar-refractivity contribution in [3.8, 4) is 11.1 Å². The number of nitrogens with zero attached hydrogens (tertiary/aromatic N) is 1. The topological polar surface area (TPSA) is 47.0 Å². The molecule has 1 heterocycles. The number of aromatic nitrogens is 1. The second-order valence-corrected chi connectivity index (χ2v) is 6.17. The van der Waals surface area contributed by atoms with Gasteiger partial charge in [0.2, 0.25) is 0 Å². The van der Waals surface area contributed by atoms with Crippen LogP contribution in [-0.4, -0.2) is 13.4 Å². The van der Waals surface area contributed by atoms with Crippen LogP contribution in [0.25, 0.3) is 11.1 Å². The zero-order valence-electron chi connectivity index (χ0n) is 8.47. The molecule has 0 saturated heterocycles. The Morgan fingerprint density at radius 1 is 1.06 bits per heavy atom. The molecule has 0 radical (unpaired) electrons. The molecule has 0 aliphatic heterocycles. The number of pyridine rings is 1. The summed E-state index contributed by atoms with van der Waals surface area (Å²) in [4.78, 5) is 3.84. The molecular weight excluding hydrogens is 281 g/mol. The van der Waals surface area contributed by atoms with Crippen molar-refractivity contribution in [2.45, 2.75) is 4.90 Å². The highest BCUT2D eigenvalue weighted by Gasteiger charge is 2.19. The van der Waals surface area contributed by atoms with E-state index < -0.39 is 9.05 Å². The first-order valence-electron chi connectivity index (χ1n) is 4.65.